The minimum atomic E-state index is -4.94. The molecule has 0 saturated heterocycles. The van der Waals surface area contributed by atoms with Crippen molar-refractivity contribution in [1.82, 2.24) is 0 Å². The van der Waals surface area contributed by atoms with Crippen LogP contribution in [0.1, 0.15) is 41.5 Å². The molecule has 0 fully saturated rings. The highest BCUT2D eigenvalue weighted by molar-refractivity contribution is 14.1. The van der Waals surface area contributed by atoms with Gasteiger partial charge in [0.25, 0.3) is 0 Å². The lowest BCUT2D eigenvalue weighted by molar-refractivity contribution is -0.275. The number of hydrogen-bond donors (Lipinski definition) is 6. The number of carbonyl (C=O) groups is 6. The molecule has 96 heavy (non-hydrogen) atoms. The SMILES string of the molecule is CC(=O)Nc1c(Br)cccc1OC(F)(F)F.CC(=O)Nc1cc(F)ccc1OC(F)(F)F.CC(=O)Nc1ccc(Br)cc1OC(F)(F)F.CC(=O)Nc1ccc(Cl)cc1OC(F)(F)F.CC(=O)Nc1ccc(F)cc1OC(F)(F)F.CC(=O)Nc1ccc(I)cc1OC(F)(F)F. The van der Waals surface area contributed by atoms with Crippen molar-refractivity contribution in [2.45, 2.75) is 79.7 Å². The molecule has 0 unspecified atom stereocenters. The summed E-state index contributed by atoms with van der Waals surface area (Å²) in [5, 5.41) is 13.2. The van der Waals surface area contributed by atoms with Crippen LogP contribution in [-0.2, 0) is 28.8 Å². The summed E-state index contributed by atoms with van der Waals surface area (Å²) in [7, 11) is 0. The lowest BCUT2D eigenvalue weighted by atomic mass is 10.3. The van der Waals surface area contributed by atoms with E-state index < -0.39 is 120 Å². The van der Waals surface area contributed by atoms with Crippen molar-refractivity contribution < 1.29 is 145 Å². The summed E-state index contributed by atoms with van der Waals surface area (Å²) in [5.41, 5.74) is -0.795. The van der Waals surface area contributed by atoms with Gasteiger partial charge in [0.1, 0.15) is 11.6 Å². The summed E-state index contributed by atoms with van der Waals surface area (Å²) in [4.78, 5) is 64.4. The molecule has 18 nitrogen and oxygen atoms in total. The van der Waals surface area contributed by atoms with Gasteiger partial charge in [0, 0.05) is 77.3 Å². The Morgan fingerprint density at radius 1 is 0.354 bits per heavy atom. The summed E-state index contributed by atoms with van der Waals surface area (Å²) >= 11 is 13.4. The molecular weight excluding hydrogens is 1630 g/mol. The number of ether oxygens (including phenoxy) is 6. The van der Waals surface area contributed by atoms with E-state index in [-0.39, 0.29) is 39.1 Å². The van der Waals surface area contributed by atoms with E-state index in [1.807, 2.05) is 27.9 Å². The molecule has 0 radical (unpaired) electrons. The topological polar surface area (TPSA) is 230 Å². The number of nitrogens with one attached hydrogen (secondary N) is 6. The maximum absolute atomic E-state index is 12.7. The van der Waals surface area contributed by atoms with Gasteiger partial charge in [-0.1, -0.05) is 33.6 Å². The van der Waals surface area contributed by atoms with Crippen LogP contribution in [0, 0.1) is 15.2 Å². The first kappa shape index (κ1) is 85.5. The molecular formula is C54H42Br2ClF20IN6O12. The molecule has 6 aromatic carbocycles. The fraction of sp³-hybridized carbons (Fsp3) is 0.222. The number of hydrogen-bond acceptors (Lipinski definition) is 12. The highest BCUT2D eigenvalue weighted by Crippen LogP contribution is 2.39. The Morgan fingerprint density at radius 2 is 0.667 bits per heavy atom. The first-order valence-electron chi connectivity index (χ1n) is 24.6. The molecule has 0 spiro atoms. The third-order valence-corrected chi connectivity index (χ3v) is 11.0. The molecule has 528 valence electrons. The molecule has 0 heterocycles. The predicted octanol–water partition coefficient (Wildman–Crippen LogP) is 18.3. The number of amides is 6. The van der Waals surface area contributed by atoms with E-state index in [2.05, 4.69) is 86.9 Å². The van der Waals surface area contributed by atoms with Gasteiger partial charge in [-0.2, -0.15) is 0 Å². The second-order valence-electron chi connectivity index (χ2n) is 17.2. The normalized spacial score (nSPS) is 11.1. The average molecular weight is 1670 g/mol. The maximum atomic E-state index is 12.7. The lowest BCUT2D eigenvalue weighted by Crippen LogP contribution is -2.19. The van der Waals surface area contributed by atoms with Crippen molar-refractivity contribution in [1.29, 1.82) is 0 Å². The third kappa shape index (κ3) is 39.4. The molecule has 42 heteroatoms. The van der Waals surface area contributed by atoms with Crippen LogP contribution in [0.15, 0.2) is 118 Å². The Morgan fingerprint density at radius 3 is 1.07 bits per heavy atom. The van der Waals surface area contributed by atoms with Crippen molar-refractivity contribution in [2.24, 2.45) is 0 Å². The summed E-state index contributed by atoms with van der Waals surface area (Å²) in [6.07, 6.45) is -29.1. The van der Waals surface area contributed by atoms with E-state index in [4.69, 9.17) is 11.6 Å². The van der Waals surface area contributed by atoms with Gasteiger partial charge in [0.05, 0.1) is 34.1 Å². The zero-order valence-corrected chi connectivity index (χ0v) is 54.4. The Labute approximate surface area is 562 Å². The Balaban J connectivity index is 0.000000576. The number of rotatable bonds is 12. The van der Waals surface area contributed by atoms with Crippen LogP contribution < -0.4 is 60.3 Å². The zero-order chi connectivity index (χ0) is 74.1. The van der Waals surface area contributed by atoms with Gasteiger partial charge in [0.15, 0.2) is 34.5 Å². The molecule has 6 rings (SSSR count). The smallest absolute Gasteiger partial charge is 0.404 e. The minimum Gasteiger partial charge on any atom is -0.404 e. The molecule has 0 atom stereocenters. The fourth-order valence-electron chi connectivity index (χ4n) is 6.01. The van der Waals surface area contributed by atoms with Gasteiger partial charge in [-0.05, 0) is 123 Å². The Kier molecular flexibility index (Phi) is 33.6. The lowest BCUT2D eigenvalue weighted by Gasteiger charge is -2.14. The minimum absolute atomic E-state index is 0.00904. The molecule has 0 bridgehead atoms. The van der Waals surface area contributed by atoms with Crippen LogP contribution in [-0.4, -0.2) is 73.6 Å². The fourth-order valence-corrected chi connectivity index (χ4v) is 7.42. The van der Waals surface area contributed by atoms with E-state index in [0.717, 1.165) is 62.4 Å². The molecule has 0 aliphatic carbocycles. The number of benzene rings is 6. The highest BCUT2D eigenvalue weighted by Gasteiger charge is 2.37. The number of anilines is 6. The van der Waals surface area contributed by atoms with Crippen molar-refractivity contribution in [2.75, 3.05) is 31.9 Å². The van der Waals surface area contributed by atoms with Gasteiger partial charge in [-0.3, -0.25) is 28.8 Å². The quantitative estimate of drug-likeness (QED) is 0.0497. The largest absolute Gasteiger partial charge is 0.573 e. The zero-order valence-electron chi connectivity index (χ0n) is 48.4. The van der Waals surface area contributed by atoms with E-state index in [9.17, 15) is 117 Å². The monoisotopic (exact) mass is 1670 g/mol. The van der Waals surface area contributed by atoms with Crippen LogP contribution >= 0.6 is 66.1 Å². The Hall–Kier alpha value is -8.48. The van der Waals surface area contributed by atoms with Gasteiger partial charge in [0.2, 0.25) is 35.4 Å². The second kappa shape index (κ2) is 37.7. The molecule has 0 aliphatic heterocycles. The molecule has 0 saturated carbocycles. The summed E-state index contributed by atoms with van der Waals surface area (Å²) in [6.45, 7) is 6.96. The van der Waals surface area contributed by atoms with Crippen LogP contribution in [0.4, 0.5) is 122 Å². The number of halogens is 24. The highest BCUT2D eigenvalue weighted by atomic mass is 127. The van der Waals surface area contributed by atoms with E-state index in [0.29, 0.717) is 18.6 Å². The van der Waals surface area contributed by atoms with E-state index in [1.54, 1.807) is 6.07 Å². The number of carbonyl (C=O) groups excluding carboxylic acids is 6. The van der Waals surface area contributed by atoms with Gasteiger partial charge in [-0.25, -0.2) is 8.78 Å². The summed E-state index contributed by atoms with van der Waals surface area (Å²) in [5.74, 6) is -8.16. The average Bonchev–Trinajstić information content (AvgIpc) is 0.901. The molecule has 0 aromatic heterocycles. The van der Waals surface area contributed by atoms with Crippen molar-refractivity contribution in [3.63, 3.8) is 0 Å². The maximum Gasteiger partial charge on any atom is 0.573 e. The van der Waals surface area contributed by atoms with Crippen molar-refractivity contribution in [3.05, 3.63) is 138 Å². The first-order chi connectivity index (χ1) is 43.7. The first-order valence-corrected chi connectivity index (χ1v) is 27.7. The van der Waals surface area contributed by atoms with Crippen LogP contribution in [0.2, 0.25) is 5.02 Å². The predicted molar refractivity (Wildman–Crippen MR) is 318 cm³/mol. The van der Waals surface area contributed by atoms with Gasteiger partial charge in [-0.15, -0.1) is 79.0 Å². The molecule has 6 N–H and O–H groups in total. The number of alkyl halides is 18. The molecule has 6 amide bonds. The second-order valence-corrected chi connectivity index (χ2v) is 20.6. The number of para-hydroxylation sites is 1. The van der Waals surface area contributed by atoms with Crippen molar-refractivity contribution >= 4 is 136 Å². The van der Waals surface area contributed by atoms with Crippen LogP contribution in [0.3, 0.4) is 0 Å². The molecule has 0 aliphatic rings. The van der Waals surface area contributed by atoms with Crippen LogP contribution in [0.25, 0.3) is 0 Å². The van der Waals surface area contributed by atoms with Gasteiger partial charge >= 0.3 is 38.2 Å². The Bertz CT molecular complexity index is 3310. The summed E-state index contributed by atoms with van der Waals surface area (Å²) in [6, 6.07) is 20.3. The van der Waals surface area contributed by atoms with Crippen LogP contribution in [0.5, 0.6) is 34.5 Å². The standard InChI is InChI=1S/2C9H7BrF3NO2.C9H7ClF3NO2.2C9H7F4NO2.C9H7F3INO2/c1-5(15)14-7-3-2-6(10)4-8(7)16-9(11,12)13;1-5(15)14-8-6(10)3-2-4-7(8)16-9(11,12)13;1-5(15)14-7-3-2-6(10)4-8(7)16-9(11,12)13;1-5(15)14-7-4-6(10)2-3-8(7)16-9(11,12)13;1-5(15)14-7-3-2-6(10)4-8(7)16-9(11,12)13;1-5(15)14-7-3-2-6(13)4-8(7)16-9(10,11)12/h6*2-4H,1H3,(H,14,15). The van der Waals surface area contributed by atoms with Crippen molar-refractivity contribution in [3.8, 4) is 34.5 Å². The van der Waals surface area contributed by atoms with Gasteiger partial charge < -0.3 is 60.3 Å². The third-order valence-electron chi connectivity index (χ3n) is 8.90. The molecule has 6 aromatic rings. The van der Waals surface area contributed by atoms with E-state index >= 15 is 0 Å². The summed E-state index contributed by atoms with van der Waals surface area (Å²) < 4.78 is 265. The van der Waals surface area contributed by atoms with E-state index in [1.165, 1.54) is 76.2 Å².